The molecular formula is C23H18BrN3O5. The molecule has 0 saturated carbocycles. The summed E-state index contributed by atoms with van der Waals surface area (Å²) in [6, 6.07) is 13.5. The number of hydrogen-bond donors (Lipinski definition) is 1. The minimum absolute atomic E-state index is 0.163. The second kappa shape index (κ2) is 9.94. The summed E-state index contributed by atoms with van der Waals surface area (Å²) >= 11 is 3.36. The number of halogens is 1. The van der Waals surface area contributed by atoms with Gasteiger partial charge in [0.25, 0.3) is 5.91 Å². The molecule has 0 spiro atoms. The highest BCUT2D eigenvalue weighted by atomic mass is 79.9. The zero-order valence-corrected chi connectivity index (χ0v) is 19.0. The van der Waals surface area contributed by atoms with Crippen molar-refractivity contribution in [3.8, 4) is 17.6 Å². The molecule has 1 N–H and O–H groups in total. The molecule has 0 radical (unpaired) electrons. The molecule has 3 aromatic rings. The molecule has 3 rings (SSSR count). The summed E-state index contributed by atoms with van der Waals surface area (Å²) in [4.78, 5) is 24.9. The van der Waals surface area contributed by atoms with E-state index in [0.29, 0.717) is 21.4 Å². The highest BCUT2D eigenvalue weighted by Crippen LogP contribution is 2.37. The summed E-state index contributed by atoms with van der Waals surface area (Å²) < 4.78 is 16.2. The van der Waals surface area contributed by atoms with Gasteiger partial charge in [0.1, 0.15) is 17.4 Å². The van der Waals surface area contributed by atoms with E-state index in [1.54, 1.807) is 31.2 Å². The maximum absolute atomic E-state index is 12.5. The van der Waals surface area contributed by atoms with Crippen molar-refractivity contribution in [2.75, 3.05) is 12.4 Å². The lowest BCUT2D eigenvalue weighted by Gasteiger charge is -2.12. The predicted octanol–water partition coefficient (Wildman–Crippen LogP) is 4.83. The number of nitrogens with one attached hydrogen (secondary N) is 1. The van der Waals surface area contributed by atoms with Crippen molar-refractivity contribution in [2.24, 2.45) is 0 Å². The van der Waals surface area contributed by atoms with Crippen LogP contribution in [0.1, 0.15) is 27.2 Å². The number of aromatic nitrogens is 1. The van der Waals surface area contributed by atoms with Gasteiger partial charge >= 0.3 is 5.97 Å². The standard InChI is InChI=1S/C23H18BrN3O5/c1-13-4-6-16(7-5-13)23(29)31-21-18(24)10-15(11-19(21)30-3)9-17(12-25)22(28)26-20-8-14(2)32-27-20/h4-11H,1-3H3,(H,26,27,28)/b17-9-. The third kappa shape index (κ3) is 5.42. The Bertz CT molecular complexity index is 1240. The first-order chi connectivity index (χ1) is 15.3. The molecule has 9 heteroatoms. The lowest BCUT2D eigenvalue weighted by Crippen LogP contribution is -2.13. The Morgan fingerprint density at radius 3 is 2.50 bits per heavy atom. The average molecular weight is 496 g/mol. The maximum atomic E-state index is 12.5. The zero-order chi connectivity index (χ0) is 23.3. The van der Waals surface area contributed by atoms with E-state index in [4.69, 9.17) is 14.0 Å². The van der Waals surface area contributed by atoms with Crippen molar-refractivity contribution >= 4 is 39.7 Å². The first-order valence-corrected chi connectivity index (χ1v) is 10.1. The van der Waals surface area contributed by atoms with E-state index in [-0.39, 0.29) is 22.9 Å². The van der Waals surface area contributed by atoms with E-state index in [1.807, 2.05) is 25.1 Å². The van der Waals surface area contributed by atoms with Crippen molar-refractivity contribution in [1.29, 1.82) is 5.26 Å². The van der Waals surface area contributed by atoms with Crippen LogP contribution in [0.25, 0.3) is 6.08 Å². The first-order valence-electron chi connectivity index (χ1n) is 9.33. The van der Waals surface area contributed by atoms with Crippen molar-refractivity contribution in [2.45, 2.75) is 13.8 Å². The molecule has 2 aromatic carbocycles. The molecule has 8 nitrogen and oxygen atoms in total. The summed E-state index contributed by atoms with van der Waals surface area (Å²) in [5.74, 6) is -0.0526. The number of methoxy groups -OCH3 is 1. The number of rotatable bonds is 6. The molecule has 0 aliphatic rings. The van der Waals surface area contributed by atoms with Crippen LogP contribution >= 0.6 is 15.9 Å². The molecule has 0 unspecified atom stereocenters. The van der Waals surface area contributed by atoms with Gasteiger partial charge in [-0.1, -0.05) is 22.9 Å². The van der Waals surface area contributed by atoms with Gasteiger partial charge in [0, 0.05) is 6.07 Å². The van der Waals surface area contributed by atoms with Crippen LogP contribution in [0.4, 0.5) is 5.82 Å². The summed E-state index contributed by atoms with van der Waals surface area (Å²) in [7, 11) is 1.42. The molecule has 1 aromatic heterocycles. The largest absolute Gasteiger partial charge is 0.493 e. The Kier molecular flexibility index (Phi) is 7.07. The van der Waals surface area contributed by atoms with Crippen LogP contribution in [0.15, 0.2) is 57.0 Å². The number of nitrogens with zero attached hydrogens (tertiary/aromatic N) is 2. The van der Waals surface area contributed by atoms with Gasteiger partial charge in [-0.2, -0.15) is 5.26 Å². The Balaban J connectivity index is 1.85. The zero-order valence-electron chi connectivity index (χ0n) is 17.4. The highest BCUT2D eigenvalue weighted by Gasteiger charge is 2.18. The van der Waals surface area contributed by atoms with Gasteiger partial charge in [0.2, 0.25) is 0 Å². The lowest BCUT2D eigenvalue weighted by molar-refractivity contribution is -0.112. The number of anilines is 1. The smallest absolute Gasteiger partial charge is 0.343 e. The van der Waals surface area contributed by atoms with Crippen LogP contribution in [0.2, 0.25) is 0 Å². The molecular weight excluding hydrogens is 478 g/mol. The molecule has 162 valence electrons. The third-order valence-electron chi connectivity index (χ3n) is 4.28. The van der Waals surface area contributed by atoms with Crippen molar-refractivity contribution < 1.29 is 23.6 Å². The van der Waals surface area contributed by atoms with Gasteiger partial charge in [-0.15, -0.1) is 0 Å². The number of amides is 1. The highest BCUT2D eigenvalue weighted by molar-refractivity contribution is 9.10. The number of hydrogen-bond acceptors (Lipinski definition) is 7. The second-order valence-corrected chi connectivity index (χ2v) is 7.59. The van der Waals surface area contributed by atoms with E-state index in [9.17, 15) is 14.9 Å². The number of aryl methyl sites for hydroxylation is 2. The lowest BCUT2D eigenvalue weighted by atomic mass is 10.1. The van der Waals surface area contributed by atoms with Gasteiger partial charge in [0.15, 0.2) is 17.3 Å². The Morgan fingerprint density at radius 2 is 1.91 bits per heavy atom. The van der Waals surface area contributed by atoms with Crippen molar-refractivity contribution in [3.05, 3.63) is 75.0 Å². The van der Waals surface area contributed by atoms with Gasteiger partial charge in [-0.3, -0.25) is 4.79 Å². The minimum atomic E-state index is -0.647. The first kappa shape index (κ1) is 22.8. The SMILES string of the molecule is COc1cc(/C=C(/C#N)C(=O)Nc2cc(C)on2)cc(Br)c1OC(=O)c1ccc(C)cc1. The second-order valence-electron chi connectivity index (χ2n) is 6.74. The van der Waals surface area contributed by atoms with Gasteiger partial charge in [0.05, 0.1) is 17.1 Å². The van der Waals surface area contributed by atoms with Crippen LogP contribution in [0, 0.1) is 25.2 Å². The van der Waals surface area contributed by atoms with E-state index in [1.165, 1.54) is 19.3 Å². The molecule has 0 bridgehead atoms. The molecule has 0 aliphatic carbocycles. The molecule has 0 aliphatic heterocycles. The Morgan fingerprint density at radius 1 is 1.19 bits per heavy atom. The Labute approximate surface area is 192 Å². The number of carbonyl (C=O) groups is 2. The van der Waals surface area contributed by atoms with E-state index >= 15 is 0 Å². The van der Waals surface area contributed by atoms with E-state index < -0.39 is 11.9 Å². The fourth-order valence-electron chi connectivity index (χ4n) is 2.69. The Hall–Kier alpha value is -3.90. The monoisotopic (exact) mass is 495 g/mol. The molecule has 0 atom stereocenters. The number of nitriles is 1. The van der Waals surface area contributed by atoms with Crippen molar-refractivity contribution in [1.82, 2.24) is 5.16 Å². The molecule has 32 heavy (non-hydrogen) atoms. The van der Waals surface area contributed by atoms with Crippen LogP contribution in [-0.4, -0.2) is 24.1 Å². The molecule has 1 heterocycles. The fourth-order valence-corrected chi connectivity index (χ4v) is 3.23. The van der Waals surface area contributed by atoms with Gasteiger partial charge in [-0.25, -0.2) is 4.79 Å². The quantitative estimate of drug-likeness (QED) is 0.225. The van der Waals surface area contributed by atoms with Crippen LogP contribution < -0.4 is 14.8 Å². The number of ether oxygens (including phenoxy) is 2. The van der Waals surface area contributed by atoms with Crippen LogP contribution in [0.3, 0.4) is 0 Å². The summed E-state index contributed by atoms with van der Waals surface area (Å²) in [5.41, 5.74) is 1.73. The fraction of sp³-hybridized carbons (Fsp3) is 0.130. The van der Waals surface area contributed by atoms with E-state index in [2.05, 4.69) is 26.4 Å². The van der Waals surface area contributed by atoms with Crippen LogP contribution in [0.5, 0.6) is 11.5 Å². The molecule has 0 saturated heterocycles. The maximum Gasteiger partial charge on any atom is 0.343 e. The summed E-state index contributed by atoms with van der Waals surface area (Å²) in [6.45, 7) is 3.60. The summed E-state index contributed by atoms with van der Waals surface area (Å²) in [5, 5.41) is 15.6. The minimum Gasteiger partial charge on any atom is -0.493 e. The average Bonchev–Trinajstić information content (AvgIpc) is 3.18. The van der Waals surface area contributed by atoms with Crippen LogP contribution in [-0.2, 0) is 4.79 Å². The van der Waals surface area contributed by atoms with Gasteiger partial charge in [-0.05, 0) is 65.7 Å². The van der Waals surface area contributed by atoms with Gasteiger partial charge < -0.3 is 19.3 Å². The van der Waals surface area contributed by atoms with Crippen molar-refractivity contribution in [3.63, 3.8) is 0 Å². The third-order valence-corrected chi connectivity index (χ3v) is 4.87. The number of esters is 1. The normalized spacial score (nSPS) is 10.9. The molecule has 1 amide bonds. The topological polar surface area (TPSA) is 114 Å². The predicted molar refractivity (Wildman–Crippen MR) is 120 cm³/mol. The summed E-state index contributed by atoms with van der Waals surface area (Å²) in [6.07, 6.45) is 1.38. The number of carbonyl (C=O) groups excluding carboxylic acids is 2. The molecule has 0 fully saturated rings. The van der Waals surface area contributed by atoms with E-state index in [0.717, 1.165) is 5.56 Å². The number of benzene rings is 2.